The minimum Gasteiger partial charge on any atom is -0.490 e. The molecule has 0 amide bonds. The first-order valence-electron chi connectivity index (χ1n) is 8.51. The van der Waals surface area contributed by atoms with Crippen molar-refractivity contribution in [3.63, 3.8) is 0 Å². The van der Waals surface area contributed by atoms with E-state index in [2.05, 4.69) is 0 Å². The lowest BCUT2D eigenvalue weighted by Crippen LogP contribution is -2.49. The molecule has 0 bridgehead atoms. The van der Waals surface area contributed by atoms with Crippen LogP contribution in [0.1, 0.15) is 24.6 Å². The van der Waals surface area contributed by atoms with Crippen LogP contribution in [0.2, 0.25) is 0 Å². The largest absolute Gasteiger partial charge is 0.490 e. The number of fused-ring (bicyclic) bond motifs is 1. The van der Waals surface area contributed by atoms with Crippen LogP contribution in [0.5, 0.6) is 0 Å². The Morgan fingerprint density at radius 3 is 2.85 bits per heavy atom. The molecule has 140 valence electrons. The summed E-state index contributed by atoms with van der Waals surface area (Å²) in [6.07, 6.45) is -1.20. The average molecular weight is 378 g/mol. The highest BCUT2D eigenvalue weighted by Gasteiger charge is 2.45. The molecule has 3 atom stereocenters. The first-order valence-corrected chi connectivity index (χ1v) is 9.33. The van der Waals surface area contributed by atoms with Crippen molar-refractivity contribution in [3.05, 3.63) is 47.0 Å². The fourth-order valence-electron chi connectivity index (χ4n) is 2.85. The molecule has 1 aliphatic carbocycles. The molecule has 2 aromatic rings. The molecular weight excluding hydrogens is 356 g/mol. The van der Waals surface area contributed by atoms with Gasteiger partial charge in [0.25, 0.3) is 0 Å². The third-order valence-electron chi connectivity index (χ3n) is 4.21. The number of thiophene rings is 1. The summed E-state index contributed by atoms with van der Waals surface area (Å²) >= 11 is 1.55. The van der Waals surface area contributed by atoms with E-state index in [-0.39, 0.29) is 25.4 Å². The van der Waals surface area contributed by atoms with Gasteiger partial charge in [-0.05, 0) is 30.0 Å². The molecule has 1 aliphatic rings. The first kappa shape index (κ1) is 18.8. The van der Waals surface area contributed by atoms with Crippen molar-refractivity contribution in [3.8, 4) is 0 Å². The number of esters is 1. The summed E-state index contributed by atoms with van der Waals surface area (Å²) in [4.78, 5) is 13.0. The fraction of sp³-hybridized carbons (Fsp3) is 0.421. The summed E-state index contributed by atoms with van der Waals surface area (Å²) < 4.78 is 11.7. The second-order valence-electron chi connectivity index (χ2n) is 6.36. The van der Waals surface area contributed by atoms with E-state index in [9.17, 15) is 20.1 Å². The van der Waals surface area contributed by atoms with E-state index < -0.39 is 23.8 Å². The minimum absolute atomic E-state index is 0.0304. The zero-order valence-electron chi connectivity index (χ0n) is 14.4. The molecule has 0 radical (unpaired) electrons. The first-order chi connectivity index (χ1) is 12.4. The molecule has 6 nitrogen and oxygen atoms in total. The SMILES string of the molecule is CCCOC(=O)[C@]1(O)C=C(OCc2cc3ccccc3s2)[C@@H](O)[C@H](O)C1. The number of hydrogen-bond donors (Lipinski definition) is 3. The Labute approximate surface area is 155 Å². The van der Waals surface area contributed by atoms with Gasteiger partial charge in [0.2, 0.25) is 0 Å². The van der Waals surface area contributed by atoms with Crippen molar-refractivity contribution in [2.75, 3.05) is 6.61 Å². The topological polar surface area (TPSA) is 96.2 Å². The van der Waals surface area contributed by atoms with Gasteiger partial charge in [0, 0.05) is 16.0 Å². The minimum atomic E-state index is -2.01. The van der Waals surface area contributed by atoms with Crippen molar-refractivity contribution in [1.82, 2.24) is 0 Å². The van der Waals surface area contributed by atoms with Crippen LogP contribution in [0.15, 0.2) is 42.2 Å². The lowest BCUT2D eigenvalue weighted by molar-refractivity contribution is -0.167. The van der Waals surface area contributed by atoms with Gasteiger partial charge in [0.15, 0.2) is 5.60 Å². The molecule has 0 spiro atoms. The molecular formula is C19H22O6S. The number of carbonyl (C=O) groups excluding carboxylic acids is 1. The van der Waals surface area contributed by atoms with Crippen LogP contribution >= 0.6 is 11.3 Å². The monoisotopic (exact) mass is 378 g/mol. The molecule has 0 saturated heterocycles. The quantitative estimate of drug-likeness (QED) is 0.667. The van der Waals surface area contributed by atoms with Crippen molar-refractivity contribution in [2.45, 2.75) is 44.2 Å². The number of benzene rings is 1. The Hall–Kier alpha value is -1.93. The van der Waals surface area contributed by atoms with Gasteiger partial charge < -0.3 is 24.8 Å². The summed E-state index contributed by atoms with van der Waals surface area (Å²) in [6.45, 7) is 2.17. The van der Waals surface area contributed by atoms with Crippen LogP contribution in [-0.2, 0) is 20.9 Å². The van der Waals surface area contributed by atoms with Crippen molar-refractivity contribution in [1.29, 1.82) is 0 Å². The van der Waals surface area contributed by atoms with E-state index in [1.807, 2.05) is 37.3 Å². The predicted molar refractivity (Wildman–Crippen MR) is 97.5 cm³/mol. The van der Waals surface area contributed by atoms with Crippen LogP contribution in [0.3, 0.4) is 0 Å². The molecule has 1 aromatic carbocycles. The normalized spacial score (nSPS) is 25.8. The number of carbonyl (C=O) groups is 1. The van der Waals surface area contributed by atoms with E-state index in [0.29, 0.717) is 6.42 Å². The predicted octanol–water partition coefficient (Wildman–Crippen LogP) is 2.11. The summed E-state index contributed by atoms with van der Waals surface area (Å²) in [6, 6.07) is 9.88. The fourth-order valence-corrected chi connectivity index (χ4v) is 3.83. The van der Waals surface area contributed by atoms with Gasteiger partial charge in [0.1, 0.15) is 18.5 Å². The molecule has 26 heavy (non-hydrogen) atoms. The molecule has 0 unspecified atom stereocenters. The third kappa shape index (κ3) is 3.91. The van der Waals surface area contributed by atoms with Gasteiger partial charge in [0.05, 0.1) is 12.7 Å². The zero-order valence-corrected chi connectivity index (χ0v) is 15.2. The maximum Gasteiger partial charge on any atom is 0.342 e. The number of ether oxygens (including phenoxy) is 2. The van der Waals surface area contributed by atoms with Crippen LogP contribution < -0.4 is 0 Å². The number of aliphatic hydroxyl groups is 3. The van der Waals surface area contributed by atoms with Crippen LogP contribution in [-0.4, -0.2) is 45.7 Å². The number of hydrogen-bond acceptors (Lipinski definition) is 7. The maximum atomic E-state index is 12.1. The van der Waals surface area contributed by atoms with Gasteiger partial charge in [-0.2, -0.15) is 0 Å². The average Bonchev–Trinajstić information content (AvgIpc) is 3.04. The highest BCUT2D eigenvalue weighted by Crippen LogP contribution is 2.31. The molecule has 7 heteroatoms. The van der Waals surface area contributed by atoms with E-state index in [4.69, 9.17) is 9.47 Å². The number of aliphatic hydroxyl groups excluding tert-OH is 2. The van der Waals surface area contributed by atoms with Crippen molar-refractivity contribution < 1.29 is 29.6 Å². The summed E-state index contributed by atoms with van der Waals surface area (Å²) in [5.41, 5.74) is -2.01. The number of rotatable bonds is 6. The van der Waals surface area contributed by atoms with Crippen LogP contribution in [0.4, 0.5) is 0 Å². The summed E-state index contributed by atoms with van der Waals surface area (Å²) in [5.74, 6) is -0.884. The van der Waals surface area contributed by atoms with Gasteiger partial charge >= 0.3 is 5.97 Å². The van der Waals surface area contributed by atoms with Gasteiger partial charge in [-0.15, -0.1) is 11.3 Å². The van der Waals surface area contributed by atoms with Gasteiger partial charge in [-0.1, -0.05) is 25.1 Å². The van der Waals surface area contributed by atoms with Gasteiger partial charge in [-0.3, -0.25) is 0 Å². The standard InChI is InChI=1S/C19H22O6S/c1-2-7-24-18(22)19(23)9-14(20)17(21)15(10-19)25-11-13-8-12-5-3-4-6-16(12)26-13/h3-6,8,10,14,17,20-21,23H,2,7,9,11H2,1H3/t14-,17+,19-/m1/s1. The van der Waals surface area contributed by atoms with E-state index in [0.717, 1.165) is 21.0 Å². The molecule has 3 N–H and O–H groups in total. The van der Waals surface area contributed by atoms with Crippen LogP contribution in [0, 0.1) is 0 Å². The molecule has 3 rings (SSSR count). The lowest BCUT2D eigenvalue weighted by Gasteiger charge is -2.33. The zero-order chi connectivity index (χ0) is 18.7. The lowest BCUT2D eigenvalue weighted by atomic mass is 9.86. The molecule has 0 saturated carbocycles. The highest BCUT2D eigenvalue weighted by molar-refractivity contribution is 7.19. The summed E-state index contributed by atoms with van der Waals surface area (Å²) in [7, 11) is 0. The third-order valence-corrected chi connectivity index (χ3v) is 5.30. The Morgan fingerprint density at radius 2 is 2.12 bits per heavy atom. The second kappa shape index (κ2) is 7.75. The Morgan fingerprint density at radius 1 is 1.35 bits per heavy atom. The Kier molecular flexibility index (Phi) is 5.62. The Bertz CT molecular complexity index is 780. The van der Waals surface area contributed by atoms with Crippen molar-refractivity contribution >= 4 is 27.4 Å². The van der Waals surface area contributed by atoms with Gasteiger partial charge in [-0.25, -0.2) is 4.79 Å². The van der Waals surface area contributed by atoms with E-state index >= 15 is 0 Å². The van der Waals surface area contributed by atoms with E-state index in [1.165, 1.54) is 0 Å². The van der Waals surface area contributed by atoms with Crippen molar-refractivity contribution in [2.24, 2.45) is 0 Å². The molecule has 0 aliphatic heterocycles. The Balaban J connectivity index is 1.76. The van der Waals surface area contributed by atoms with E-state index in [1.54, 1.807) is 11.3 Å². The summed E-state index contributed by atoms with van der Waals surface area (Å²) in [5, 5.41) is 31.8. The van der Waals surface area contributed by atoms with Crippen LogP contribution in [0.25, 0.3) is 10.1 Å². The molecule has 1 heterocycles. The second-order valence-corrected chi connectivity index (χ2v) is 7.53. The highest BCUT2D eigenvalue weighted by atomic mass is 32.1. The molecule has 1 aromatic heterocycles. The smallest absolute Gasteiger partial charge is 0.342 e. The molecule has 0 fully saturated rings. The maximum absolute atomic E-state index is 12.1.